The molecule has 1 fully saturated rings. The van der Waals surface area contributed by atoms with Gasteiger partial charge < -0.3 is 9.47 Å². The van der Waals surface area contributed by atoms with Crippen molar-refractivity contribution in [1.82, 2.24) is 0 Å². The molecule has 0 N–H and O–H groups in total. The van der Waals surface area contributed by atoms with Crippen LogP contribution in [0, 0.1) is 0 Å². The Hall–Kier alpha value is -1.10. The number of rotatable bonds is 6. The van der Waals surface area contributed by atoms with Crippen molar-refractivity contribution in [3.63, 3.8) is 0 Å². The number of carbonyl (C=O) groups is 2. The number of unbranched alkanes of at least 4 members (excludes halogenated alkanes) is 4. The van der Waals surface area contributed by atoms with E-state index in [9.17, 15) is 9.59 Å². The van der Waals surface area contributed by atoms with Crippen molar-refractivity contribution in [2.24, 2.45) is 0 Å². The molecule has 1 aliphatic carbocycles. The zero-order valence-corrected chi connectivity index (χ0v) is 14.1. The van der Waals surface area contributed by atoms with Gasteiger partial charge in [-0.2, -0.15) is 0 Å². The average molecular weight is 357 g/mol. The van der Waals surface area contributed by atoms with Gasteiger partial charge in [0.2, 0.25) is 0 Å². The van der Waals surface area contributed by atoms with Crippen LogP contribution in [0.3, 0.4) is 0 Å². The monoisotopic (exact) mass is 356 g/mol. The molecule has 116 valence electrons. The largest absolute Gasteiger partial charge is 0.477 e. The summed E-state index contributed by atoms with van der Waals surface area (Å²) < 4.78 is 11.6. The van der Waals surface area contributed by atoms with E-state index in [2.05, 4.69) is 22.9 Å². The Kier molecular flexibility index (Phi) is 5.25. The lowest BCUT2D eigenvalue weighted by molar-refractivity contribution is -0.181. The highest BCUT2D eigenvalue weighted by atomic mass is 79.9. The summed E-state index contributed by atoms with van der Waals surface area (Å²) >= 11 is 3.27. The zero-order chi connectivity index (χ0) is 15.5. The average Bonchev–Trinajstić information content (AvgIpc) is 2.46. The molecule has 0 unspecified atom stereocenters. The second-order valence-corrected chi connectivity index (χ2v) is 6.37. The summed E-state index contributed by atoms with van der Waals surface area (Å²) in [5, 5.41) is 0. The molecule has 4 nitrogen and oxygen atoms in total. The fourth-order valence-electron chi connectivity index (χ4n) is 2.62. The van der Waals surface area contributed by atoms with E-state index in [0.717, 1.165) is 12.8 Å². The maximum absolute atomic E-state index is 11.9. The molecule has 2 atom stereocenters. The molecule has 21 heavy (non-hydrogen) atoms. The molecule has 1 heterocycles. The van der Waals surface area contributed by atoms with Crippen LogP contribution in [0.25, 0.3) is 0 Å². The molecular formula is C16H21BrO4. The Morgan fingerprint density at radius 2 is 1.95 bits per heavy atom. The van der Waals surface area contributed by atoms with Gasteiger partial charge in [0, 0.05) is 0 Å². The fourth-order valence-corrected chi connectivity index (χ4v) is 3.18. The number of carbonyl (C=O) groups excluding carboxylic acids is 2. The summed E-state index contributed by atoms with van der Waals surface area (Å²) in [6.45, 7) is 3.80. The highest BCUT2D eigenvalue weighted by molar-refractivity contribution is 9.12. The third kappa shape index (κ3) is 3.39. The standard InChI is InChI=1S/C16H21BrO4/c1-3-4-5-6-7-9-16-10-8-12(18)13(17)14(16)20-11(2)15(19)21-16/h8,10-11H,3-7,9H2,1-2H3/t11-,16+/m1/s1. The molecule has 0 aromatic heterocycles. The molecule has 0 radical (unpaired) electrons. The lowest BCUT2D eigenvalue weighted by atomic mass is 9.87. The van der Waals surface area contributed by atoms with E-state index in [1.54, 1.807) is 13.0 Å². The first-order valence-corrected chi connectivity index (χ1v) is 8.33. The lowest BCUT2D eigenvalue weighted by Crippen LogP contribution is -2.48. The van der Waals surface area contributed by atoms with Crippen molar-refractivity contribution in [3.8, 4) is 0 Å². The van der Waals surface area contributed by atoms with Crippen LogP contribution >= 0.6 is 15.9 Å². The van der Waals surface area contributed by atoms with Crippen LogP contribution in [-0.4, -0.2) is 23.5 Å². The first kappa shape index (κ1) is 16.3. The van der Waals surface area contributed by atoms with Crippen LogP contribution in [-0.2, 0) is 19.1 Å². The summed E-state index contributed by atoms with van der Waals surface area (Å²) in [5.74, 6) is -0.0963. The van der Waals surface area contributed by atoms with Crippen molar-refractivity contribution in [1.29, 1.82) is 0 Å². The maximum atomic E-state index is 11.9. The molecule has 0 aromatic rings. The first-order valence-electron chi connectivity index (χ1n) is 7.53. The Morgan fingerprint density at radius 3 is 2.67 bits per heavy atom. The Bertz CT molecular complexity index is 495. The van der Waals surface area contributed by atoms with E-state index < -0.39 is 11.7 Å². The minimum absolute atomic E-state index is 0.156. The van der Waals surface area contributed by atoms with Crippen LogP contribution in [0.2, 0.25) is 0 Å². The van der Waals surface area contributed by atoms with E-state index in [4.69, 9.17) is 9.47 Å². The van der Waals surface area contributed by atoms with Gasteiger partial charge in [-0.1, -0.05) is 32.6 Å². The molecule has 0 amide bonds. The summed E-state index contributed by atoms with van der Waals surface area (Å²) in [4.78, 5) is 23.7. The highest BCUT2D eigenvalue weighted by Crippen LogP contribution is 2.41. The summed E-state index contributed by atoms with van der Waals surface area (Å²) in [6, 6.07) is 0. The second-order valence-electron chi connectivity index (χ2n) is 5.58. The molecule has 5 heteroatoms. The molecule has 1 saturated heterocycles. The number of fused-ring (bicyclic) bond motifs is 1. The quantitative estimate of drug-likeness (QED) is 0.536. The van der Waals surface area contributed by atoms with Gasteiger partial charge in [0.05, 0.1) is 0 Å². The smallest absolute Gasteiger partial charge is 0.348 e. The van der Waals surface area contributed by atoms with Crippen molar-refractivity contribution in [3.05, 3.63) is 22.4 Å². The number of hydrogen-bond acceptors (Lipinski definition) is 4. The molecule has 0 bridgehead atoms. The van der Waals surface area contributed by atoms with Gasteiger partial charge in [0.1, 0.15) is 4.48 Å². The summed E-state index contributed by atoms with van der Waals surface area (Å²) in [7, 11) is 0. The Balaban J connectivity index is 2.14. The molecule has 0 spiro atoms. The molecule has 0 saturated carbocycles. The topological polar surface area (TPSA) is 52.6 Å². The Labute approximate surface area is 133 Å². The van der Waals surface area contributed by atoms with Gasteiger partial charge in [-0.15, -0.1) is 0 Å². The van der Waals surface area contributed by atoms with Gasteiger partial charge in [0.25, 0.3) is 0 Å². The zero-order valence-electron chi connectivity index (χ0n) is 12.5. The number of esters is 1. The molecule has 2 rings (SSSR count). The second kappa shape index (κ2) is 6.77. The minimum atomic E-state index is -0.914. The van der Waals surface area contributed by atoms with E-state index in [0.29, 0.717) is 16.7 Å². The van der Waals surface area contributed by atoms with Crippen molar-refractivity contribution in [2.75, 3.05) is 0 Å². The first-order chi connectivity index (χ1) is 10.00. The number of allylic oxidation sites excluding steroid dienone is 2. The number of ether oxygens (including phenoxy) is 2. The lowest BCUT2D eigenvalue weighted by Gasteiger charge is -2.40. The molecule has 2 aliphatic rings. The van der Waals surface area contributed by atoms with Crippen LogP contribution in [0.5, 0.6) is 0 Å². The van der Waals surface area contributed by atoms with Crippen molar-refractivity contribution < 1.29 is 19.1 Å². The maximum Gasteiger partial charge on any atom is 0.348 e. The van der Waals surface area contributed by atoms with Gasteiger partial charge in [-0.05, 0) is 47.8 Å². The third-order valence-corrected chi connectivity index (χ3v) is 4.62. The Morgan fingerprint density at radius 1 is 1.24 bits per heavy atom. The van der Waals surface area contributed by atoms with Gasteiger partial charge in [-0.3, -0.25) is 4.79 Å². The SMILES string of the molecule is CCCCCCC[C@]12C=CC(=O)C(Br)=C1O[C@H](C)C(=O)O2. The number of hydrogen-bond donors (Lipinski definition) is 0. The summed E-state index contributed by atoms with van der Waals surface area (Å²) in [5.41, 5.74) is -0.914. The molecule has 1 aliphatic heterocycles. The van der Waals surface area contributed by atoms with Crippen LogP contribution in [0.15, 0.2) is 22.4 Å². The van der Waals surface area contributed by atoms with E-state index in [1.807, 2.05) is 0 Å². The van der Waals surface area contributed by atoms with Crippen LogP contribution in [0.1, 0.15) is 52.4 Å². The highest BCUT2D eigenvalue weighted by Gasteiger charge is 2.48. The predicted molar refractivity (Wildman–Crippen MR) is 82.8 cm³/mol. The van der Waals surface area contributed by atoms with Crippen molar-refractivity contribution in [2.45, 2.75) is 64.1 Å². The van der Waals surface area contributed by atoms with Crippen LogP contribution in [0.4, 0.5) is 0 Å². The van der Waals surface area contributed by atoms with Crippen LogP contribution < -0.4 is 0 Å². The summed E-state index contributed by atoms with van der Waals surface area (Å²) in [6.07, 6.45) is 8.64. The normalized spacial score (nSPS) is 28.2. The molecule has 0 aromatic carbocycles. The molecular weight excluding hydrogens is 336 g/mol. The van der Waals surface area contributed by atoms with Gasteiger partial charge in [-0.25, -0.2) is 4.79 Å². The fraction of sp³-hybridized carbons (Fsp3) is 0.625. The predicted octanol–water partition coefficient (Wildman–Crippen LogP) is 3.79. The minimum Gasteiger partial charge on any atom is -0.477 e. The van der Waals surface area contributed by atoms with E-state index in [1.165, 1.54) is 25.3 Å². The number of halogens is 1. The van der Waals surface area contributed by atoms with E-state index >= 15 is 0 Å². The number of ketones is 1. The van der Waals surface area contributed by atoms with Crippen molar-refractivity contribution >= 4 is 27.7 Å². The van der Waals surface area contributed by atoms with E-state index in [-0.39, 0.29) is 11.8 Å². The van der Waals surface area contributed by atoms with Gasteiger partial charge in [0.15, 0.2) is 23.2 Å². The van der Waals surface area contributed by atoms with Gasteiger partial charge >= 0.3 is 5.97 Å². The third-order valence-electron chi connectivity index (χ3n) is 3.86.